The number of ether oxygens (including phenoxy) is 1. The molecule has 4 rings (SSSR count). The van der Waals surface area contributed by atoms with Crippen molar-refractivity contribution in [1.29, 1.82) is 0 Å². The van der Waals surface area contributed by atoms with E-state index < -0.39 is 0 Å². The first-order valence-electron chi connectivity index (χ1n) is 11.1. The van der Waals surface area contributed by atoms with E-state index in [1.54, 1.807) is 23.5 Å². The Morgan fingerprint density at radius 1 is 1.12 bits per heavy atom. The van der Waals surface area contributed by atoms with E-state index in [9.17, 15) is 9.18 Å². The van der Waals surface area contributed by atoms with Crippen molar-refractivity contribution in [2.24, 2.45) is 0 Å². The Morgan fingerprint density at radius 3 is 2.75 bits per heavy atom. The van der Waals surface area contributed by atoms with Crippen LogP contribution in [-0.4, -0.2) is 48.1 Å². The molecule has 1 saturated heterocycles. The quantitative estimate of drug-likeness (QED) is 0.433. The highest BCUT2D eigenvalue weighted by Crippen LogP contribution is 2.24. The molecule has 0 bridgehead atoms. The fourth-order valence-corrected chi connectivity index (χ4v) is 4.75. The number of halogens is 1. The number of rotatable bonds is 11. The number of thiazole rings is 1. The van der Waals surface area contributed by atoms with Crippen molar-refractivity contribution in [2.45, 2.75) is 31.7 Å². The van der Waals surface area contributed by atoms with Crippen LogP contribution in [0.15, 0.2) is 60.0 Å². The summed E-state index contributed by atoms with van der Waals surface area (Å²) in [6, 6.07) is 16.5. The lowest BCUT2D eigenvalue weighted by atomic mass is 10.1. The van der Waals surface area contributed by atoms with Crippen LogP contribution in [-0.2, 0) is 11.2 Å². The summed E-state index contributed by atoms with van der Waals surface area (Å²) in [6.45, 7) is 2.78. The van der Waals surface area contributed by atoms with Crippen molar-refractivity contribution >= 4 is 17.2 Å². The van der Waals surface area contributed by atoms with Crippen LogP contribution in [0.5, 0.6) is 5.75 Å². The molecule has 2 heterocycles. The molecule has 1 N–H and O–H groups in total. The van der Waals surface area contributed by atoms with Gasteiger partial charge in [-0.25, -0.2) is 9.37 Å². The molecule has 2 aromatic carbocycles. The molecule has 3 aromatic rings. The maximum atomic E-state index is 12.9. The lowest BCUT2D eigenvalue weighted by molar-refractivity contribution is -0.129. The minimum Gasteiger partial charge on any atom is -0.492 e. The molecule has 1 aliphatic rings. The highest BCUT2D eigenvalue weighted by Gasteiger charge is 2.30. The van der Waals surface area contributed by atoms with Crippen LogP contribution in [0, 0.1) is 5.82 Å². The fourth-order valence-electron chi connectivity index (χ4n) is 3.95. The van der Waals surface area contributed by atoms with E-state index in [1.807, 2.05) is 23.1 Å². The second-order valence-electron chi connectivity index (χ2n) is 7.86. The Bertz CT molecular complexity index is 994. The van der Waals surface area contributed by atoms with E-state index in [0.717, 1.165) is 48.6 Å². The van der Waals surface area contributed by atoms with Gasteiger partial charge in [0.1, 0.15) is 18.2 Å². The average Bonchev–Trinajstić information content (AvgIpc) is 3.43. The average molecular weight is 454 g/mol. The molecule has 0 saturated carbocycles. The number of amides is 1. The van der Waals surface area contributed by atoms with Gasteiger partial charge in [-0.1, -0.05) is 30.3 Å². The molecule has 0 spiro atoms. The Hall–Kier alpha value is -2.77. The van der Waals surface area contributed by atoms with Crippen molar-refractivity contribution in [3.05, 3.63) is 70.8 Å². The maximum Gasteiger partial charge on any atom is 0.222 e. The Morgan fingerprint density at radius 2 is 1.94 bits per heavy atom. The van der Waals surface area contributed by atoms with Crippen molar-refractivity contribution in [3.63, 3.8) is 0 Å². The SMILES string of the molecule is O=C1CCC(CCNCCOc2ccc(F)cc2)N1CCc1nc(-c2ccccc2)cs1. The summed E-state index contributed by atoms with van der Waals surface area (Å²) in [4.78, 5) is 19.2. The standard InChI is InChI=1S/C25H28FN3O2S/c26-20-6-9-22(10-7-20)31-17-15-27-14-12-21-8-11-25(30)29(21)16-13-24-28-23(18-32-24)19-4-2-1-3-5-19/h1-7,9-10,18,21,27H,8,11-17H2. The Kier molecular flexibility index (Phi) is 7.85. The van der Waals surface area contributed by atoms with Gasteiger partial charge in [-0.05, 0) is 43.7 Å². The highest BCUT2D eigenvalue weighted by molar-refractivity contribution is 7.09. The zero-order valence-corrected chi connectivity index (χ0v) is 18.8. The number of aromatic nitrogens is 1. The number of carbonyl (C=O) groups is 1. The second-order valence-corrected chi connectivity index (χ2v) is 8.81. The molecule has 32 heavy (non-hydrogen) atoms. The topological polar surface area (TPSA) is 54.5 Å². The van der Waals surface area contributed by atoms with Crippen molar-refractivity contribution in [2.75, 3.05) is 26.2 Å². The van der Waals surface area contributed by atoms with Crippen LogP contribution >= 0.6 is 11.3 Å². The molecule has 7 heteroatoms. The molecular weight excluding hydrogens is 425 g/mol. The zero-order chi connectivity index (χ0) is 22.2. The summed E-state index contributed by atoms with van der Waals surface area (Å²) in [5.41, 5.74) is 2.13. The molecule has 168 valence electrons. The van der Waals surface area contributed by atoms with Gasteiger partial charge in [-0.15, -0.1) is 11.3 Å². The van der Waals surface area contributed by atoms with E-state index in [-0.39, 0.29) is 17.8 Å². The summed E-state index contributed by atoms with van der Waals surface area (Å²) < 4.78 is 18.5. The molecule has 0 aliphatic carbocycles. The molecule has 1 unspecified atom stereocenters. The summed E-state index contributed by atoms with van der Waals surface area (Å²) >= 11 is 1.66. The van der Waals surface area contributed by atoms with Crippen LogP contribution in [0.3, 0.4) is 0 Å². The summed E-state index contributed by atoms with van der Waals surface area (Å²) in [7, 11) is 0. The van der Waals surface area contributed by atoms with Gasteiger partial charge >= 0.3 is 0 Å². The molecule has 0 radical (unpaired) electrons. The van der Waals surface area contributed by atoms with Crippen LogP contribution < -0.4 is 10.1 Å². The predicted octanol–water partition coefficient (Wildman–Crippen LogP) is 4.54. The third kappa shape index (κ3) is 6.14. The van der Waals surface area contributed by atoms with E-state index in [1.165, 1.54) is 12.1 Å². The van der Waals surface area contributed by atoms with Crippen LogP contribution in [0.2, 0.25) is 0 Å². The van der Waals surface area contributed by atoms with Gasteiger partial charge in [0, 0.05) is 42.9 Å². The first-order chi connectivity index (χ1) is 15.7. The molecule has 1 amide bonds. The fraction of sp³-hybridized carbons (Fsp3) is 0.360. The molecule has 1 fully saturated rings. The first kappa shape index (κ1) is 22.4. The van der Waals surface area contributed by atoms with Crippen LogP contribution in [0.1, 0.15) is 24.3 Å². The molecule has 5 nitrogen and oxygen atoms in total. The smallest absolute Gasteiger partial charge is 0.222 e. The monoisotopic (exact) mass is 453 g/mol. The van der Waals surface area contributed by atoms with Crippen molar-refractivity contribution in [1.82, 2.24) is 15.2 Å². The number of hydrogen-bond acceptors (Lipinski definition) is 5. The first-order valence-corrected chi connectivity index (χ1v) is 12.0. The lowest BCUT2D eigenvalue weighted by Gasteiger charge is -2.24. The number of likely N-dealkylation sites (tertiary alicyclic amines) is 1. The van der Waals surface area contributed by atoms with E-state index in [0.29, 0.717) is 25.3 Å². The molecule has 1 atom stereocenters. The summed E-state index contributed by atoms with van der Waals surface area (Å²) in [6.07, 6.45) is 3.26. The van der Waals surface area contributed by atoms with Crippen LogP contribution in [0.25, 0.3) is 11.3 Å². The normalized spacial score (nSPS) is 16.0. The third-order valence-electron chi connectivity index (χ3n) is 5.66. The van der Waals surface area contributed by atoms with E-state index in [2.05, 4.69) is 22.8 Å². The summed E-state index contributed by atoms with van der Waals surface area (Å²) in [5.74, 6) is 0.644. The van der Waals surface area contributed by atoms with Crippen molar-refractivity contribution < 1.29 is 13.9 Å². The Balaban J connectivity index is 1.17. The predicted molar refractivity (Wildman–Crippen MR) is 125 cm³/mol. The molecule has 1 aliphatic heterocycles. The number of hydrogen-bond donors (Lipinski definition) is 1. The van der Waals surface area contributed by atoms with E-state index >= 15 is 0 Å². The number of nitrogens with zero attached hydrogens (tertiary/aromatic N) is 2. The largest absolute Gasteiger partial charge is 0.492 e. The van der Waals surface area contributed by atoms with Gasteiger partial charge < -0.3 is 15.0 Å². The second kappa shape index (κ2) is 11.2. The molecule has 1 aromatic heterocycles. The van der Waals surface area contributed by atoms with Gasteiger partial charge in [0.25, 0.3) is 0 Å². The van der Waals surface area contributed by atoms with Crippen LogP contribution in [0.4, 0.5) is 4.39 Å². The minimum atomic E-state index is -0.266. The van der Waals surface area contributed by atoms with Gasteiger partial charge in [0.15, 0.2) is 0 Å². The van der Waals surface area contributed by atoms with Gasteiger partial charge in [-0.2, -0.15) is 0 Å². The summed E-state index contributed by atoms with van der Waals surface area (Å²) in [5, 5.41) is 6.53. The molecular formula is C25H28FN3O2S. The third-order valence-corrected chi connectivity index (χ3v) is 6.56. The van der Waals surface area contributed by atoms with Gasteiger partial charge in [0.05, 0.1) is 10.7 Å². The maximum absolute atomic E-state index is 12.9. The highest BCUT2D eigenvalue weighted by atomic mass is 32.1. The number of benzene rings is 2. The van der Waals surface area contributed by atoms with E-state index in [4.69, 9.17) is 9.72 Å². The Labute approximate surface area is 192 Å². The number of carbonyl (C=O) groups excluding carboxylic acids is 1. The minimum absolute atomic E-state index is 0.245. The van der Waals surface area contributed by atoms with Gasteiger partial charge in [0.2, 0.25) is 5.91 Å². The van der Waals surface area contributed by atoms with Crippen molar-refractivity contribution in [3.8, 4) is 17.0 Å². The lowest BCUT2D eigenvalue weighted by Crippen LogP contribution is -2.37. The van der Waals surface area contributed by atoms with Gasteiger partial charge in [-0.3, -0.25) is 4.79 Å². The zero-order valence-electron chi connectivity index (χ0n) is 18.0. The number of nitrogens with one attached hydrogen (secondary N) is 1.